The smallest absolute Gasteiger partial charge is 0.150 e. The average molecular weight is 256 g/mol. The lowest BCUT2D eigenvalue weighted by atomic mass is 10.2. The number of halogens is 2. The second kappa shape index (κ2) is 6.89. The molecule has 0 spiro atoms. The monoisotopic (exact) mass is 256 g/mol. The molecule has 6 heteroatoms. The molecular formula is C12H14F2N2O2. The quantitative estimate of drug-likeness (QED) is 0.812. The number of anilines is 1. The van der Waals surface area contributed by atoms with Crippen LogP contribution in [-0.4, -0.2) is 31.0 Å². The van der Waals surface area contributed by atoms with Crippen LogP contribution < -0.4 is 5.32 Å². The van der Waals surface area contributed by atoms with Gasteiger partial charge in [0.15, 0.2) is 11.6 Å². The molecule has 1 aromatic carbocycles. The van der Waals surface area contributed by atoms with Crippen LogP contribution in [0.4, 0.5) is 14.5 Å². The van der Waals surface area contributed by atoms with Crippen LogP contribution in [-0.2, 0) is 4.74 Å². The van der Waals surface area contributed by atoms with E-state index in [1.54, 1.807) is 13.0 Å². The van der Waals surface area contributed by atoms with Crippen molar-refractivity contribution in [1.82, 2.24) is 0 Å². The van der Waals surface area contributed by atoms with E-state index in [9.17, 15) is 13.9 Å². The van der Waals surface area contributed by atoms with Gasteiger partial charge in [-0.3, -0.25) is 0 Å². The molecular weight excluding hydrogens is 242 g/mol. The normalized spacial score (nSPS) is 11.9. The van der Waals surface area contributed by atoms with Gasteiger partial charge >= 0.3 is 0 Å². The second-order valence-corrected chi connectivity index (χ2v) is 3.62. The maximum absolute atomic E-state index is 13.4. The molecule has 2 N–H and O–H groups in total. The van der Waals surface area contributed by atoms with Crippen LogP contribution in [0.2, 0.25) is 0 Å². The number of nitrogens with one attached hydrogen (secondary N) is 1. The molecule has 0 amide bonds. The van der Waals surface area contributed by atoms with E-state index in [0.717, 1.165) is 12.1 Å². The van der Waals surface area contributed by atoms with Gasteiger partial charge in [0.1, 0.15) is 5.69 Å². The Kier molecular flexibility index (Phi) is 5.49. The first-order chi connectivity index (χ1) is 8.58. The van der Waals surface area contributed by atoms with Crippen molar-refractivity contribution in [3.8, 4) is 6.07 Å². The van der Waals surface area contributed by atoms with Crippen LogP contribution >= 0.6 is 0 Å². The molecule has 0 bridgehead atoms. The third kappa shape index (κ3) is 3.95. The van der Waals surface area contributed by atoms with Gasteiger partial charge in [-0.25, -0.2) is 8.78 Å². The Morgan fingerprint density at radius 3 is 2.56 bits per heavy atom. The van der Waals surface area contributed by atoms with Gasteiger partial charge < -0.3 is 15.2 Å². The number of hydrogen-bond acceptors (Lipinski definition) is 4. The molecule has 0 aromatic heterocycles. The summed E-state index contributed by atoms with van der Waals surface area (Å²) in [5, 5.41) is 20.4. The first-order valence-corrected chi connectivity index (χ1v) is 5.47. The maximum atomic E-state index is 13.4. The number of nitrogens with zero attached hydrogens (tertiary/aromatic N) is 1. The highest BCUT2D eigenvalue weighted by Gasteiger charge is 2.12. The summed E-state index contributed by atoms with van der Waals surface area (Å²) in [6.07, 6.45) is -0.862. The van der Waals surface area contributed by atoms with Gasteiger partial charge in [0.05, 0.1) is 24.3 Å². The fourth-order valence-electron chi connectivity index (χ4n) is 1.34. The molecule has 0 aliphatic heterocycles. The van der Waals surface area contributed by atoms with Gasteiger partial charge in [-0.15, -0.1) is 0 Å². The van der Waals surface area contributed by atoms with Gasteiger partial charge in [-0.1, -0.05) is 0 Å². The molecule has 1 unspecified atom stereocenters. The van der Waals surface area contributed by atoms with Crippen LogP contribution in [0, 0.1) is 23.0 Å². The number of benzene rings is 1. The molecule has 0 fully saturated rings. The van der Waals surface area contributed by atoms with Crippen LogP contribution in [0.15, 0.2) is 12.1 Å². The fraction of sp³-hybridized carbons (Fsp3) is 0.417. The van der Waals surface area contributed by atoms with E-state index < -0.39 is 17.7 Å². The van der Waals surface area contributed by atoms with Crippen molar-refractivity contribution in [2.24, 2.45) is 0 Å². The highest BCUT2D eigenvalue weighted by atomic mass is 19.1. The van der Waals surface area contributed by atoms with E-state index in [0.29, 0.717) is 6.61 Å². The van der Waals surface area contributed by atoms with Crippen molar-refractivity contribution < 1.29 is 18.6 Å². The number of aliphatic hydroxyl groups excluding tert-OH is 1. The van der Waals surface area contributed by atoms with Crippen LogP contribution in [0.5, 0.6) is 0 Å². The standard InChI is InChI=1S/C12H14F2N2O2/c1-2-18-7-9(17)6-16-12-10(13)3-8(5-15)4-11(12)14/h3-4,9,16-17H,2,6-7H2,1H3. The third-order valence-electron chi connectivity index (χ3n) is 2.20. The summed E-state index contributed by atoms with van der Waals surface area (Å²) in [6.45, 7) is 2.28. The van der Waals surface area contributed by atoms with E-state index in [1.165, 1.54) is 0 Å². The Morgan fingerprint density at radius 1 is 1.44 bits per heavy atom. The minimum atomic E-state index is -0.866. The van der Waals surface area contributed by atoms with Crippen LogP contribution in [0.25, 0.3) is 0 Å². The zero-order valence-corrected chi connectivity index (χ0v) is 9.91. The van der Waals surface area contributed by atoms with Crippen molar-refractivity contribution in [2.75, 3.05) is 25.1 Å². The molecule has 4 nitrogen and oxygen atoms in total. The predicted molar refractivity (Wildman–Crippen MR) is 62.1 cm³/mol. The van der Waals surface area contributed by atoms with Crippen molar-refractivity contribution in [3.63, 3.8) is 0 Å². The Hall–Kier alpha value is -1.71. The van der Waals surface area contributed by atoms with Crippen molar-refractivity contribution in [1.29, 1.82) is 5.26 Å². The Labute approximate surface area is 104 Å². The first kappa shape index (κ1) is 14.4. The molecule has 1 rings (SSSR count). The zero-order chi connectivity index (χ0) is 13.5. The first-order valence-electron chi connectivity index (χ1n) is 5.47. The summed E-state index contributed by atoms with van der Waals surface area (Å²) in [4.78, 5) is 0. The summed E-state index contributed by atoms with van der Waals surface area (Å²) in [5.74, 6) is -1.73. The SMILES string of the molecule is CCOCC(O)CNc1c(F)cc(C#N)cc1F. The molecule has 0 aliphatic rings. The summed E-state index contributed by atoms with van der Waals surface area (Å²) in [7, 11) is 0. The molecule has 0 aliphatic carbocycles. The highest BCUT2D eigenvalue weighted by molar-refractivity contribution is 5.50. The largest absolute Gasteiger partial charge is 0.389 e. The van der Waals surface area contributed by atoms with E-state index in [4.69, 9.17) is 10.00 Å². The van der Waals surface area contributed by atoms with Crippen molar-refractivity contribution in [3.05, 3.63) is 29.3 Å². The number of nitriles is 1. The van der Waals surface area contributed by atoms with Crippen molar-refractivity contribution >= 4 is 5.69 Å². The molecule has 0 radical (unpaired) electrons. The lowest BCUT2D eigenvalue weighted by Crippen LogP contribution is -2.25. The highest BCUT2D eigenvalue weighted by Crippen LogP contribution is 2.20. The van der Waals surface area contributed by atoms with Gasteiger partial charge in [0.2, 0.25) is 0 Å². The maximum Gasteiger partial charge on any atom is 0.150 e. The molecule has 0 saturated heterocycles. The van der Waals surface area contributed by atoms with Gasteiger partial charge in [-0.05, 0) is 19.1 Å². The average Bonchev–Trinajstić information content (AvgIpc) is 2.34. The minimum Gasteiger partial charge on any atom is -0.389 e. The number of ether oxygens (including phenoxy) is 1. The van der Waals surface area contributed by atoms with Gasteiger partial charge in [-0.2, -0.15) is 5.26 Å². The van der Waals surface area contributed by atoms with Crippen LogP contribution in [0.3, 0.4) is 0 Å². The van der Waals surface area contributed by atoms with E-state index in [1.807, 2.05) is 0 Å². The Bertz CT molecular complexity index is 423. The van der Waals surface area contributed by atoms with E-state index in [2.05, 4.69) is 5.32 Å². The Balaban J connectivity index is 2.65. The summed E-state index contributed by atoms with van der Waals surface area (Å²) >= 11 is 0. The van der Waals surface area contributed by atoms with E-state index >= 15 is 0 Å². The minimum absolute atomic E-state index is 0.0419. The topological polar surface area (TPSA) is 65.3 Å². The summed E-state index contributed by atoms with van der Waals surface area (Å²) in [5.41, 5.74) is -0.449. The number of aliphatic hydroxyl groups is 1. The Morgan fingerprint density at radius 2 is 2.06 bits per heavy atom. The zero-order valence-electron chi connectivity index (χ0n) is 9.91. The molecule has 1 aromatic rings. The molecule has 98 valence electrons. The number of rotatable bonds is 6. The molecule has 0 heterocycles. The van der Waals surface area contributed by atoms with Crippen molar-refractivity contribution in [2.45, 2.75) is 13.0 Å². The lowest BCUT2D eigenvalue weighted by Gasteiger charge is -2.13. The van der Waals surface area contributed by atoms with Gasteiger partial charge in [0.25, 0.3) is 0 Å². The molecule has 1 atom stereocenters. The van der Waals surface area contributed by atoms with Gasteiger partial charge in [0, 0.05) is 13.2 Å². The number of hydrogen-bond donors (Lipinski definition) is 2. The predicted octanol–water partition coefficient (Wildman–Crippen LogP) is 1.65. The molecule has 18 heavy (non-hydrogen) atoms. The fourth-order valence-corrected chi connectivity index (χ4v) is 1.34. The molecule has 0 saturated carbocycles. The second-order valence-electron chi connectivity index (χ2n) is 3.62. The third-order valence-corrected chi connectivity index (χ3v) is 2.20. The van der Waals surface area contributed by atoms with E-state index in [-0.39, 0.29) is 24.4 Å². The summed E-state index contributed by atoms with van der Waals surface area (Å²) in [6, 6.07) is 3.51. The summed E-state index contributed by atoms with van der Waals surface area (Å²) < 4.78 is 31.8. The van der Waals surface area contributed by atoms with Crippen LogP contribution in [0.1, 0.15) is 12.5 Å². The lowest BCUT2D eigenvalue weighted by molar-refractivity contribution is 0.0495.